The van der Waals surface area contributed by atoms with E-state index in [0.717, 1.165) is 32.7 Å². The molecule has 4 heteroatoms. The lowest BCUT2D eigenvalue weighted by atomic mass is 10.2. The van der Waals surface area contributed by atoms with E-state index in [9.17, 15) is 4.79 Å². The SMILES string of the molecule is Cc1cc(NC(=O)c2cc(C)n(C(C)C)c2C)ccc1Br. The van der Waals surface area contributed by atoms with Crippen molar-refractivity contribution in [2.75, 3.05) is 5.32 Å². The molecule has 1 aromatic heterocycles. The molecule has 0 bridgehead atoms. The van der Waals surface area contributed by atoms with E-state index >= 15 is 0 Å². The van der Waals surface area contributed by atoms with Crippen molar-refractivity contribution >= 4 is 27.5 Å². The molecule has 0 radical (unpaired) electrons. The van der Waals surface area contributed by atoms with E-state index in [2.05, 4.69) is 39.7 Å². The monoisotopic (exact) mass is 348 g/mol. The fourth-order valence-corrected chi connectivity index (χ4v) is 2.97. The van der Waals surface area contributed by atoms with Gasteiger partial charge in [-0.15, -0.1) is 0 Å². The van der Waals surface area contributed by atoms with Gasteiger partial charge < -0.3 is 9.88 Å². The molecule has 3 nitrogen and oxygen atoms in total. The number of rotatable bonds is 3. The molecule has 21 heavy (non-hydrogen) atoms. The van der Waals surface area contributed by atoms with Crippen LogP contribution in [0.4, 0.5) is 5.69 Å². The van der Waals surface area contributed by atoms with Crippen molar-refractivity contribution in [2.45, 2.75) is 40.7 Å². The molecular formula is C17H21BrN2O. The summed E-state index contributed by atoms with van der Waals surface area (Å²) >= 11 is 3.46. The minimum absolute atomic E-state index is 0.0586. The van der Waals surface area contributed by atoms with Crippen molar-refractivity contribution in [1.29, 1.82) is 0 Å². The molecule has 0 saturated carbocycles. The summed E-state index contributed by atoms with van der Waals surface area (Å²) in [6.07, 6.45) is 0. The Morgan fingerprint density at radius 1 is 1.19 bits per heavy atom. The number of carbonyl (C=O) groups is 1. The van der Waals surface area contributed by atoms with E-state index in [1.807, 2.05) is 45.0 Å². The van der Waals surface area contributed by atoms with Gasteiger partial charge in [0.15, 0.2) is 0 Å². The Hall–Kier alpha value is -1.55. The van der Waals surface area contributed by atoms with Gasteiger partial charge in [0.1, 0.15) is 0 Å². The molecule has 0 aliphatic heterocycles. The maximum Gasteiger partial charge on any atom is 0.257 e. The summed E-state index contributed by atoms with van der Waals surface area (Å²) in [4.78, 5) is 12.5. The Balaban J connectivity index is 2.28. The van der Waals surface area contributed by atoms with E-state index in [1.54, 1.807) is 0 Å². The molecule has 0 atom stereocenters. The Morgan fingerprint density at radius 2 is 1.86 bits per heavy atom. The molecule has 0 spiro atoms. The van der Waals surface area contributed by atoms with Gasteiger partial charge in [-0.1, -0.05) is 15.9 Å². The van der Waals surface area contributed by atoms with Crippen LogP contribution in [-0.4, -0.2) is 10.5 Å². The summed E-state index contributed by atoms with van der Waals surface area (Å²) in [5.41, 5.74) is 4.77. The van der Waals surface area contributed by atoms with E-state index < -0.39 is 0 Å². The molecule has 0 unspecified atom stereocenters. The second-order valence-corrected chi connectivity index (χ2v) is 6.52. The highest BCUT2D eigenvalue weighted by Crippen LogP contribution is 2.23. The summed E-state index contributed by atoms with van der Waals surface area (Å²) < 4.78 is 3.22. The quantitative estimate of drug-likeness (QED) is 0.830. The van der Waals surface area contributed by atoms with Crippen LogP contribution < -0.4 is 5.32 Å². The van der Waals surface area contributed by atoms with E-state index in [0.29, 0.717) is 6.04 Å². The van der Waals surface area contributed by atoms with Crippen LogP contribution in [0.1, 0.15) is 47.2 Å². The Bertz CT molecular complexity index is 686. The molecule has 1 aromatic carbocycles. The lowest BCUT2D eigenvalue weighted by molar-refractivity contribution is 0.102. The number of aryl methyl sites for hydroxylation is 2. The van der Waals surface area contributed by atoms with Gasteiger partial charge in [-0.05, 0) is 64.4 Å². The van der Waals surface area contributed by atoms with Crippen molar-refractivity contribution in [3.05, 3.63) is 51.3 Å². The van der Waals surface area contributed by atoms with Crippen molar-refractivity contribution < 1.29 is 4.79 Å². The van der Waals surface area contributed by atoms with Crippen LogP contribution in [0.2, 0.25) is 0 Å². The number of amides is 1. The average molecular weight is 349 g/mol. The van der Waals surface area contributed by atoms with Crippen molar-refractivity contribution in [3.63, 3.8) is 0 Å². The van der Waals surface area contributed by atoms with Crippen LogP contribution in [-0.2, 0) is 0 Å². The second-order valence-electron chi connectivity index (χ2n) is 5.67. The molecular weight excluding hydrogens is 328 g/mol. The zero-order valence-corrected chi connectivity index (χ0v) is 14.7. The molecule has 112 valence electrons. The first-order valence-corrected chi connectivity index (χ1v) is 7.86. The van der Waals surface area contributed by atoms with Gasteiger partial charge in [0.25, 0.3) is 5.91 Å². The van der Waals surface area contributed by atoms with Gasteiger partial charge >= 0.3 is 0 Å². The summed E-state index contributed by atoms with van der Waals surface area (Å²) in [7, 11) is 0. The van der Waals surface area contributed by atoms with E-state index in [1.165, 1.54) is 0 Å². The molecule has 2 aromatic rings. The fourth-order valence-electron chi connectivity index (χ4n) is 2.72. The summed E-state index contributed by atoms with van der Waals surface area (Å²) in [6, 6.07) is 8.11. The molecule has 0 saturated heterocycles. The zero-order chi connectivity index (χ0) is 15.7. The summed E-state index contributed by atoms with van der Waals surface area (Å²) in [6.45, 7) is 10.3. The predicted octanol–water partition coefficient (Wildman–Crippen LogP) is 5.01. The van der Waals surface area contributed by atoms with Crippen molar-refractivity contribution in [3.8, 4) is 0 Å². The van der Waals surface area contributed by atoms with Crippen molar-refractivity contribution in [1.82, 2.24) is 4.57 Å². The van der Waals surface area contributed by atoms with Crippen LogP contribution in [0.5, 0.6) is 0 Å². The van der Waals surface area contributed by atoms with Crippen LogP contribution in [0.15, 0.2) is 28.7 Å². The molecule has 0 aliphatic rings. The molecule has 2 rings (SSSR count). The maximum atomic E-state index is 12.5. The van der Waals surface area contributed by atoms with Gasteiger partial charge in [-0.25, -0.2) is 0 Å². The topological polar surface area (TPSA) is 34.0 Å². The van der Waals surface area contributed by atoms with Gasteiger partial charge in [-0.2, -0.15) is 0 Å². The zero-order valence-electron chi connectivity index (χ0n) is 13.1. The van der Waals surface area contributed by atoms with E-state index in [-0.39, 0.29) is 5.91 Å². The number of benzene rings is 1. The van der Waals surface area contributed by atoms with Gasteiger partial charge in [0.05, 0.1) is 5.56 Å². The second kappa shape index (κ2) is 6.06. The maximum absolute atomic E-state index is 12.5. The Morgan fingerprint density at radius 3 is 2.38 bits per heavy atom. The third-order valence-corrected chi connectivity index (χ3v) is 4.55. The summed E-state index contributed by atoms with van der Waals surface area (Å²) in [5.74, 6) is -0.0586. The Kier molecular flexibility index (Phi) is 4.57. The number of nitrogens with zero attached hydrogens (tertiary/aromatic N) is 1. The van der Waals surface area contributed by atoms with Gasteiger partial charge in [0, 0.05) is 27.6 Å². The standard InChI is InChI=1S/C17H21BrN2O/c1-10(2)20-12(4)9-15(13(20)5)17(21)19-14-6-7-16(18)11(3)8-14/h6-10H,1-5H3,(H,19,21). The number of nitrogens with one attached hydrogen (secondary N) is 1. The van der Waals surface area contributed by atoms with Crippen LogP contribution in [0.25, 0.3) is 0 Å². The molecule has 1 heterocycles. The highest BCUT2D eigenvalue weighted by atomic mass is 79.9. The first kappa shape index (κ1) is 15.8. The van der Waals surface area contributed by atoms with Gasteiger partial charge in [-0.3, -0.25) is 4.79 Å². The molecule has 0 fully saturated rings. The largest absolute Gasteiger partial charge is 0.346 e. The van der Waals surface area contributed by atoms with Crippen LogP contribution in [0, 0.1) is 20.8 Å². The number of anilines is 1. The van der Waals surface area contributed by atoms with Crippen molar-refractivity contribution in [2.24, 2.45) is 0 Å². The average Bonchev–Trinajstić information content (AvgIpc) is 2.69. The fraction of sp³-hybridized carbons (Fsp3) is 0.353. The van der Waals surface area contributed by atoms with E-state index in [4.69, 9.17) is 0 Å². The number of hydrogen-bond donors (Lipinski definition) is 1. The molecule has 1 N–H and O–H groups in total. The van der Waals surface area contributed by atoms with Crippen LogP contribution in [0.3, 0.4) is 0 Å². The third kappa shape index (κ3) is 3.21. The minimum Gasteiger partial charge on any atom is -0.346 e. The van der Waals surface area contributed by atoms with Crippen LogP contribution >= 0.6 is 15.9 Å². The number of carbonyl (C=O) groups excluding carboxylic acids is 1. The highest BCUT2D eigenvalue weighted by molar-refractivity contribution is 9.10. The highest BCUT2D eigenvalue weighted by Gasteiger charge is 2.17. The lowest BCUT2D eigenvalue weighted by Crippen LogP contribution is -2.14. The number of hydrogen-bond acceptors (Lipinski definition) is 1. The molecule has 1 amide bonds. The normalized spacial score (nSPS) is 11.0. The number of halogens is 1. The lowest BCUT2D eigenvalue weighted by Gasteiger charge is -2.13. The first-order chi connectivity index (χ1) is 9.81. The molecule has 0 aliphatic carbocycles. The Labute approximate surface area is 134 Å². The summed E-state index contributed by atoms with van der Waals surface area (Å²) in [5, 5.41) is 2.97. The predicted molar refractivity (Wildman–Crippen MR) is 91.1 cm³/mol. The number of aromatic nitrogens is 1. The third-order valence-electron chi connectivity index (χ3n) is 3.66. The first-order valence-electron chi connectivity index (χ1n) is 7.07. The minimum atomic E-state index is -0.0586. The van der Waals surface area contributed by atoms with Gasteiger partial charge in [0.2, 0.25) is 0 Å². The smallest absolute Gasteiger partial charge is 0.257 e.